The number of hydrogen-bond acceptors (Lipinski definition) is 1. The van der Waals surface area contributed by atoms with E-state index in [1.807, 2.05) is 0 Å². The van der Waals surface area contributed by atoms with Crippen LogP contribution >= 0.6 is 0 Å². The van der Waals surface area contributed by atoms with Crippen molar-refractivity contribution in [3.8, 4) is 0 Å². The summed E-state index contributed by atoms with van der Waals surface area (Å²) in [6.45, 7) is 3.93. The molecule has 7 rings (SSSR count). The Labute approximate surface area is 178 Å². The van der Waals surface area contributed by atoms with Gasteiger partial charge in [0.25, 0.3) is 0 Å². The highest BCUT2D eigenvalue weighted by atomic mass is 19.3. The minimum absolute atomic E-state index is 0.0619. The zero-order chi connectivity index (χ0) is 21.5. The van der Waals surface area contributed by atoms with Crippen molar-refractivity contribution >= 4 is 0 Å². The topological polar surface area (TPSA) is 9.23 Å². The second kappa shape index (κ2) is 6.60. The average Bonchev–Trinajstić information content (AvgIpc) is 2.74. The smallest absolute Gasteiger partial charge is 0.338 e. The molecule has 0 aromatic carbocycles. The summed E-state index contributed by atoms with van der Waals surface area (Å²) >= 11 is 0. The molecule has 0 saturated heterocycles. The van der Waals surface area contributed by atoms with Gasteiger partial charge in [-0.3, -0.25) is 0 Å². The van der Waals surface area contributed by atoms with Crippen LogP contribution in [-0.4, -0.2) is 24.1 Å². The van der Waals surface area contributed by atoms with Gasteiger partial charge in [0.1, 0.15) is 5.60 Å². The molecule has 0 spiro atoms. The minimum atomic E-state index is -4.08. The summed E-state index contributed by atoms with van der Waals surface area (Å²) in [7, 11) is 0. The van der Waals surface area contributed by atoms with Crippen LogP contribution in [0.1, 0.15) is 104 Å². The van der Waals surface area contributed by atoms with Crippen molar-refractivity contribution in [1.29, 1.82) is 0 Å². The molecule has 30 heavy (non-hydrogen) atoms. The molecular weight excluding hydrogens is 392 g/mol. The van der Waals surface area contributed by atoms with E-state index in [0.717, 1.165) is 31.1 Å². The summed E-state index contributed by atoms with van der Waals surface area (Å²) in [5.41, 5.74) is -3.17. The summed E-state index contributed by atoms with van der Waals surface area (Å²) in [6, 6.07) is 0. The summed E-state index contributed by atoms with van der Waals surface area (Å²) in [5.74, 6) is -6.39. The van der Waals surface area contributed by atoms with Crippen LogP contribution in [0.5, 0.6) is 0 Å². The number of rotatable bonds is 4. The van der Waals surface area contributed by atoms with Gasteiger partial charge in [-0.15, -0.1) is 0 Å². The Morgan fingerprint density at radius 2 is 1.23 bits per heavy atom. The molecule has 0 radical (unpaired) electrons. The van der Waals surface area contributed by atoms with Crippen molar-refractivity contribution in [2.24, 2.45) is 28.1 Å². The molecule has 0 aromatic rings. The Morgan fingerprint density at radius 1 is 0.700 bits per heavy atom. The van der Waals surface area contributed by atoms with E-state index in [9.17, 15) is 8.78 Å². The maximum atomic E-state index is 15.0. The quantitative estimate of drug-likeness (QED) is 0.414. The number of fused-ring (bicyclic) bond motifs is 6. The Hall–Kier alpha value is -0.320. The van der Waals surface area contributed by atoms with Crippen molar-refractivity contribution in [1.82, 2.24) is 0 Å². The van der Waals surface area contributed by atoms with Crippen molar-refractivity contribution in [3.05, 3.63) is 0 Å². The number of alkyl halides is 4. The maximum absolute atomic E-state index is 15.0. The second-order valence-corrected chi connectivity index (χ2v) is 12.3. The predicted octanol–water partition coefficient (Wildman–Crippen LogP) is 7.77. The lowest BCUT2D eigenvalue weighted by Gasteiger charge is -2.61. The molecule has 172 valence electrons. The van der Waals surface area contributed by atoms with Gasteiger partial charge in [0.05, 0.1) is 6.61 Å². The van der Waals surface area contributed by atoms with Crippen LogP contribution in [0, 0.1) is 28.1 Å². The molecule has 0 aromatic heterocycles. The van der Waals surface area contributed by atoms with Crippen LogP contribution in [0.2, 0.25) is 0 Å². The van der Waals surface area contributed by atoms with Crippen molar-refractivity contribution in [3.63, 3.8) is 0 Å². The molecule has 7 aliphatic rings. The Morgan fingerprint density at radius 3 is 1.77 bits per heavy atom. The number of halogens is 4. The molecule has 0 unspecified atom stereocenters. The van der Waals surface area contributed by atoms with Gasteiger partial charge < -0.3 is 4.74 Å². The zero-order valence-electron chi connectivity index (χ0n) is 18.7. The van der Waals surface area contributed by atoms with E-state index in [-0.39, 0.29) is 37.7 Å². The van der Waals surface area contributed by atoms with Crippen LogP contribution in [0.15, 0.2) is 0 Å². The lowest BCUT2D eigenvalue weighted by atomic mass is 9.48. The van der Waals surface area contributed by atoms with E-state index in [1.54, 1.807) is 0 Å². The fourth-order valence-electron chi connectivity index (χ4n) is 8.02. The molecule has 0 aliphatic heterocycles. The van der Waals surface area contributed by atoms with Gasteiger partial charge in [-0.25, -0.2) is 0 Å². The summed E-state index contributed by atoms with van der Waals surface area (Å²) in [6.07, 6.45) is 12.3. The highest BCUT2D eigenvalue weighted by Crippen LogP contribution is 2.68. The van der Waals surface area contributed by atoms with Gasteiger partial charge in [0.15, 0.2) is 0 Å². The molecule has 1 nitrogen and oxygen atoms in total. The van der Waals surface area contributed by atoms with Crippen LogP contribution in [-0.2, 0) is 4.74 Å². The fourth-order valence-corrected chi connectivity index (χ4v) is 8.02. The van der Waals surface area contributed by atoms with E-state index in [4.69, 9.17) is 4.74 Å². The van der Waals surface area contributed by atoms with E-state index in [2.05, 4.69) is 6.92 Å². The largest absolute Gasteiger partial charge is 0.368 e. The van der Waals surface area contributed by atoms with Crippen LogP contribution in [0.4, 0.5) is 17.6 Å². The Kier molecular flexibility index (Phi) is 4.74. The van der Waals surface area contributed by atoms with Crippen molar-refractivity contribution < 1.29 is 22.3 Å². The Bertz CT molecular complexity index is 646. The fraction of sp³-hybridized carbons (Fsp3) is 1.00. The van der Waals surface area contributed by atoms with Gasteiger partial charge in [-0.05, 0) is 99.7 Å². The van der Waals surface area contributed by atoms with Gasteiger partial charge in [0, 0.05) is 5.41 Å². The number of hydrogen-bond donors (Lipinski definition) is 0. The highest BCUT2D eigenvalue weighted by Gasteiger charge is 2.81. The van der Waals surface area contributed by atoms with Crippen LogP contribution in [0.25, 0.3) is 0 Å². The first kappa shape index (κ1) is 21.5. The van der Waals surface area contributed by atoms with Crippen LogP contribution < -0.4 is 0 Å². The predicted molar refractivity (Wildman–Crippen MR) is 109 cm³/mol. The standard InChI is InChI=1S/C25H38F4O/c1-18-3-5-19(6-4-18)22-12-9-21(10-13-22,11-14-22)17-30-23-15-7-20(2,8-16-23)24(26,27)25(23,28)29/h18-19H,3-17H2,1-2H3. The maximum Gasteiger partial charge on any atom is 0.338 e. The second-order valence-electron chi connectivity index (χ2n) is 12.3. The Balaban J connectivity index is 1.26. The molecule has 0 heterocycles. The lowest BCUT2D eigenvalue weighted by Crippen LogP contribution is -2.73. The normalized spacial score (nSPS) is 51.8. The molecule has 0 N–H and O–H groups in total. The first-order valence-electron chi connectivity index (χ1n) is 12.4. The molecule has 7 aliphatic carbocycles. The van der Waals surface area contributed by atoms with E-state index in [0.29, 0.717) is 5.41 Å². The first-order chi connectivity index (χ1) is 14.0. The number of ether oxygens (including phenoxy) is 1. The van der Waals surface area contributed by atoms with E-state index >= 15 is 8.78 Å². The van der Waals surface area contributed by atoms with E-state index in [1.165, 1.54) is 51.9 Å². The third kappa shape index (κ3) is 2.75. The van der Waals surface area contributed by atoms with Gasteiger partial charge in [-0.1, -0.05) is 26.7 Å². The molecule has 0 atom stereocenters. The molecule has 5 heteroatoms. The molecule has 4 bridgehead atoms. The summed E-state index contributed by atoms with van der Waals surface area (Å²) in [4.78, 5) is 0. The monoisotopic (exact) mass is 430 g/mol. The molecular formula is C25H38F4O. The third-order valence-electron chi connectivity index (χ3n) is 10.9. The molecule has 7 fully saturated rings. The van der Waals surface area contributed by atoms with Crippen molar-refractivity contribution in [2.75, 3.05) is 6.61 Å². The zero-order valence-corrected chi connectivity index (χ0v) is 18.7. The minimum Gasteiger partial charge on any atom is -0.368 e. The third-order valence-corrected chi connectivity index (χ3v) is 10.9. The molecule has 0 amide bonds. The van der Waals surface area contributed by atoms with Gasteiger partial charge in [0.2, 0.25) is 0 Å². The summed E-state index contributed by atoms with van der Waals surface area (Å²) in [5, 5.41) is 0. The molecule has 7 saturated carbocycles. The first-order valence-corrected chi connectivity index (χ1v) is 12.4. The summed E-state index contributed by atoms with van der Waals surface area (Å²) < 4.78 is 65.5. The van der Waals surface area contributed by atoms with E-state index < -0.39 is 22.9 Å². The van der Waals surface area contributed by atoms with Gasteiger partial charge >= 0.3 is 11.8 Å². The highest BCUT2D eigenvalue weighted by molar-refractivity contribution is 5.18. The lowest BCUT2D eigenvalue weighted by molar-refractivity contribution is -0.391. The SMILES string of the molecule is CC1CCC(C23CCC(COC45CCC(C)(CC4)C(F)(F)C5(F)F)(CC2)CC3)CC1. The average molecular weight is 431 g/mol. The van der Waals surface area contributed by atoms with Gasteiger partial charge in [-0.2, -0.15) is 17.6 Å². The van der Waals surface area contributed by atoms with Crippen LogP contribution in [0.3, 0.4) is 0 Å². The van der Waals surface area contributed by atoms with Crippen molar-refractivity contribution in [2.45, 2.75) is 121 Å².